The zero-order valence-electron chi connectivity index (χ0n) is 24.6. The molecule has 5 aliphatic rings. The van der Waals surface area contributed by atoms with E-state index in [9.17, 15) is 4.79 Å². The zero-order chi connectivity index (χ0) is 27.2. The number of nitrogens with zero attached hydrogens (tertiary/aromatic N) is 4. The molecule has 1 aromatic heterocycles. The number of carboxylic acid groups (broad SMARTS) is 1. The number of aromatic nitrogens is 2. The maximum Gasteiger partial charge on any atom is 0.304 e. The summed E-state index contributed by atoms with van der Waals surface area (Å²) in [6.45, 7) is 5.23. The van der Waals surface area contributed by atoms with Crippen molar-refractivity contribution in [3.63, 3.8) is 0 Å². The van der Waals surface area contributed by atoms with Gasteiger partial charge in [-0.3, -0.25) is 9.69 Å². The van der Waals surface area contributed by atoms with Crippen LogP contribution in [0.15, 0.2) is 24.3 Å². The summed E-state index contributed by atoms with van der Waals surface area (Å²) in [4.78, 5) is 21.8. The van der Waals surface area contributed by atoms with Crippen molar-refractivity contribution in [2.24, 2.45) is 23.7 Å². The second-order valence-corrected chi connectivity index (χ2v) is 14.4. The highest BCUT2D eigenvalue weighted by Crippen LogP contribution is 2.49. The van der Waals surface area contributed by atoms with Gasteiger partial charge in [0.25, 0.3) is 0 Å². The van der Waals surface area contributed by atoms with Crippen LogP contribution in [0, 0.1) is 23.7 Å². The van der Waals surface area contributed by atoms with Crippen molar-refractivity contribution >= 4 is 17.0 Å². The molecule has 8 atom stereocenters. The first-order valence-electron chi connectivity index (χ1n) is 16.7. The Hall–Kier alpha value is -1.92. The summed E-state index contributed by atoms with van der Waals surface area (Å²) in [7, 11) is 0. The third-order valence-electron chi connectivity index (χ3n) is 11.8. The van der Waals surface area contributed by atoms with Gasteiger partial charge in [-0.25, -0.2) is 4.98 Å². The number of rotatable bonds is 7. The van der Waals surface area contributed by atoms with Crippen molar-refractivity contribution in [1.29, 1.82) is 0 Å². The average Bonchev–Trinajstić information content (AvgIpc) is 3.50. The van der Waals surface area contributed by atoms with Gasteiger partial charge < -0.3 is 14.6 Å². The summed E-state index contributed by atoms with van der Waals surface area (Å²) in [6.07, 6.45) is 18.0. The van der Waals surface area contributed by atoms with E-state index in [0.717, 1.165) is 61.3 Å². The Labute approximate surface area is 240 Å². The summed E-state index contributed by atoms with van der Waals surface area (Å²) < 4.78 is 2.69. The van der Waals surface area contributed by atoms with Crippen LogP contribution in [0.3, 0.4) is 0 Å². The number of benzene rings is 1. The molecule has 1 aromatic carbocycles. The van der Waals surface area contributed by atoms with Crippen LogP contribution in [-0.2, 0) is 11.2 Å². The van der Waals surface area contributed by atoms with E-state index >= 15 is 0 Å². The van der Waals surface area contributed by atoms with Crippen LogP contribution < -0.4 is 0 Å². The molecule has 0 amide bonds. The van der Waals surface area contributed by atoms with E-state index in [4.69, 9.17) is 10.1 Å². The molecule has 3 aliphatic heterocycles. The minimum Gasteiger partial charge on any atom is -0.481 e. The van der Waals surface area contributed by atoms with E-state index in [0.29, 0.717) is 24.5 Å². The number of carboxylic acids is 1. The van der Waals surface area contributed by atoms with Gasteiger partial charge in [0.05, 0.1) is 17.5 Å². The van der Waals surface area contributed by atoms with E-state index in [1.807, 2.05) is 0 Å². The molecule has 2 aromatic rings. The molecule has 1 N–H and O–H groups in total. The third-order valence-corrected chi connectivity index (χ3v) is 11.8. The Morgan fingerprint density at radius 1 is 0.925 bits per heavy atom. The summed E-state index contributed by atoms with van der Waals surface area (Å²) in [5, 5.41) is 9.13. The van der Waals surface area contributed by atoms with Gasteiger partial charge in [-0.05, 0) is 93.7 Å². The van der Waals surface area contributed by atoms with Gasteiger partial charge in [-0.1, -0.05) is 44.7 Å². The Bertz CT molecular complexity index is 1180. The Morgan fingerprint density at radius 3 is 2.52 bits per heavy atom. The molecule has 6 nitrogen and oxygen atoms in total. The maximum absolute atomic E-state index is 11.1. The fourth-order valence-electron chi connectivity index (χ4n) is 9.97. The molecule has 0 radical (unpaired) electrons. The maximum atomic E-state index is 11.1. The normalized spacial score (nSPS) is 37.0. The summed E-state index contributed by atoms with van der Waals surface area (Å²) in [6, 6.07) is 11.6. The number of likely N-dealkylation sites (tertiary alicyclic amines) is 1. The number of para-hydroxylation sites is 2. The Morgan fingerprint density at radius 2 is 1.73 bits per heavy atom. The lowest BCUT2D eigenvalue weighted by Gasteiger charge is -2.56. The van der Waals surface area contributed by atoms with Crippen molar-refractivity contribution in [3.8, 4) is 0 Å². The number of imidazole rings is 1. The molecule has 3 saturated heterocycles. The Balaban J connectivity index is 1.13. The SMILES string of the molecule is C[C@@H]1CC[C@H]2C[C@@H](n3c(C[C@@H]4CCN(CCC(=O)O)C4)nc4ccccc43)C[C@@H]1N2[C@@H]1C[C@@H]2CCCC[C@@H](C2)C1. The standard InChI is InChI=1S/C34H50N4O2/c1-23-10-11-27-20-29(21-32(23)37(27)28-17-24-6-2-3-7-25(16-24)18-28)38-31-9-5-4-8-30(31)35-33(38)19-26-12-14-36(22-26)15-13-34(39)40/h4-5,8-9,23-29,32H,2-3,6-7,10-22H2,1H3,(H,39,40)/t23-,24-,25+,26+,27+,28-,29-,32+/m1/s1. The molecule has 0 unspecified atom stereocenters. The summed E-state index contributed by atoms with van der Waals surface area (Å²) in [5.41, 5.74) is 2.47. The largest absolute Gasteiger partial charge is 0.481 e. The van der Waals surface area contributed by atoms with E-state index in [1.54, 1.807) is 0 Å². The summed E-state index contributed by atoms with van der Waals surface area (Å²) in [5.74, 6) is 3.88. The van der Waals surface area contributed by atoms with Crippen LogP contribution in [0.25, 0.3) is 11.0 Å². The van der Waals surface area contributed by atoms with Crippen LogP contribution in [0.4, 0.5) is 0 Å². The second-order valence-electron chi connectivity index (χ2n) is 14.4. The van der Waals surface area contributed by atoms with Crippen molar-refractivity contribution in [2.75, 3.05) is 19.6 Å². The molecule has 2 aliphatic carbocycles. The van der Waals surface area contributed by atoms with Crippen molar-refractivity contribution in [1.82, 2.24) is 19.4 Å². The predicted molar refractivity (Wildman–Crippen MR) is 159 cm³/mol. The van der Waals surface area contributed by atoms with Gasteiger partial charge in [0.2, 0.25) is 0 Å². The third kappa shape index (κ3) is 5.35. The van der Waals surface area contributed by atoms with E-state index < -0.39 is 5.97 Å². The number of carbonyl (C=O) groups is 1. The number of fused-ring (bicyclic) bond motifs is 5. The highest BCUT2D eigenvalue weighted by atomic mass is 16.4. The zero-order valence-corrected chi connectivity index (χ0v) is 24.6. The first-order chi connectivity index (χ1) is 19.5. The minimum atomic E-state index is -0.691. The molecule has 0 spiro atoms. The monoisotopic (exact) mass is 546 g/mol. The number of piperidine rings is 2. The van der Waals surface area contributed by atoms with Gasteiger partial charge >= 0.3 is 5.97 Å². The van der Waals surface area contributed by atoms with Crippen LogP contribution in [-0.4, -0.2) is 68.2 Å². The Kier molecular flexibility index (Phi) is 7.68. The molecule has 6 heteroatoms. The van der Waals surface area contributed by atoms with Gasteiger partial charge in [-0.2, -0.15) is 0 Å². The number of hydrogen-bond donors (Lipinski definition) is 1. The lowest BCUT2D eigenvalue weighted by atomic mass is 9.71. The molecule has 218 valence electrons. The average molecular weight is 547 g/mol. The van der Waals surface area contributed by atoms with Crippen molar-refractivity contribution in [2.45, 2.75) is 121 Å². The van der Waals surface area contributed by atoms with Gasteiger partial charge in [0.1, 0.15) is 5.82 Å². The molecule has 40 heavy (non-hydrogen) atoms. The lowest BCUT2D eigenvalue weighted by Crippen LogP contribution is -2.60. The minimum absolute atomic E-state index is 0.243. The van der Waals surface area contributed by atoms with E-state index in [1.165, 1.54) is 82.0 Å². The van der Waals surface area contributed by atoms with Gasteiger partial charge in [0, 0.05) is 43.7 Å². The number of aliphatic carboxylic acids is 1. The first kappa shape index (κ1) is 26.9. The van der Waals surface area contributed by atoms with Crippen LogP contribution in [0.5, 0.6) is 0 Å². The fourth-order valence-corrected chi connectivity index (χ4v) is 9.97. The smallest absolute Gasteiger partial charge is 0.304 e. The molecular formula is C34H50N4O2. The fraction of sp³-hybridized carbons (Fsp3) is 0.765. The molecule has 5 fully saturated rings. The molecule has 2 saturated carbocycles. The molecule has 4 heterocycles. The van der Waals surface area contributed by atoms with Crippen LogP contribution in [0.1, 0.15) is 102 Å². The van der Waals surface area contributed by atoms with Gasteiger partial charge in [-0.15, -0.1) is 0 Å². The van der Waals surface area contributed by atoms with Crippen molar-refractivity contribution in [3.05, 3.63) is 30.1 Å². The lowest BCUT2D eigenvalue weighted by molar-refractivity contribution is -0.137. The number of hydrogen-bond acceptors (Lipinski definition) is 4. The molecule has 4 bridgehead atoms. The molecular weight excluding hydrogens is 496 g/mol. The van der Waals surface area contributed by atoms with E-state index in [-0.39, 0.29) is 6.42 Å². The quantitative estimate of drug-likeness (QED) is 0.427. The predicted octanol–water partition coefficient (Wildman–Crippen LogP) is 6.54. The first-order valence-corrected chi connectivity index (χ1v) is 16.7. The molecule has 7 rings (SSSR count). The van der Waals surface area contributed by atoms with E-state index in [2.05, 4.69) is 45.6 Å². The second kappa shape index (κ2) is 11.4. The highest BCUT2D eigenvalue weighted by Gasteiger charge is 2.47. The van der Waals surface area contributed by atoms with Gasteiger partial charge in [0.15, 0.2) is 0 Å². The summed E-state index contributed by atoms with van der Waals surface area (Å²) >= 11 is 0. The van der Waals surface area contributed by atoms with Crippen molar-refractivity contribution < 1.29 is 9.90 Å². The van der Waals surface area contributed by atoms with Crippen LogP contribution in [0.2, 0.25) is 0 Å². The highest BCUT2D eigenvalue weighted by molar-refractivity contribution is 5.76. The topological polar surface area (TPSA) is 61.6 Å². The van der Waals surface area contributed by atoms with Crippen LogP contribution >= 0.6 is 0 Å².